The molecule has 2 aromatic carbocycles. The van der Waals surface area contributed by atoms with Gasteiger partial charge in [-0.15, -0.1) is 12.3 Å². The summed E-state index contributed by atoms with van der Waals surface area (Å²) < 4.78 is 13.1. The summed E-state index contributed by atoms with van der Waals surface area (Å²) in [6.07, 6.45) is 5.59. The molecule has 0 amide bonds. The van der Waals surface area contributed by atoms with E-state index in [-0.39, 0.29) is 11.0 Å². The van der Waals surface area contributed by atoms with Crippen molar-refractivity contribution in [2.75, 3.05) is 13.2 Å². The van der Waals surface area contributed by atoms with Crippen LogP contribution in [-0.4, -0.2) is 38.3 Å². The van der Waals surface area contributed by atoms with Crippen LogP contribution in [-0.2, 0) is 9.16 Å². The Bertz CT molecular complexity index is 798. The first-order valence-electron chi connectivity index (χ1n) is 10.3. The fourth-order valence-electron chi connectivity index (χ4n) is 4.48. The predicted octanol–water partition coefficient (Wildman–Crippen LogP) is 3.35. The van der Waals surface area contributed by atoms with Crippen molar-refractivity contribution in [2.45, 2.75) is 50.9 Å². The van der Waals surface area contributed by atoms with Crippen LogP contribution in [0.4, 0.5) is 0 Å². The maximum absolute atomic E-state index is 10.3. The van der Waals surface area contributed by atoms with Gasteiger partial charge in [-0.25, -0.2) is 0 Å². The Morgan fingerprint density at radius 3 is 2.00 bits per heavy atom. The molecule has 3 atom stereocenters. The third-order valence-electron chi connectivity index (χ3n) is 6.30. The first-order chi connectivity index (χ1) is 13.8. The third kappa shape index (κ3) is 3.93. The molecule has 0 aliphatic carbocycles. The van der Waals surface area contributed by atoms with E-state index in [0.717, 1.165) is 0 Å². The minimum absolute atomic E-state index is 0.0863. The Labute approximate surface area is 176 Å². The lowest BCUT2D eigenvalue weighted by molar-refractivity contribution is -0.0495. The van der Waals surface area contributed by atoms with Crippen LogP contribution in [0, 0.1) is 18.3 Å². The minimum Gasteiger partial charge on any atom is -0.404 e. The topological polar surface area (TPSA) is 38.7 Å². The molecule has 1 aliphatic rings. The molecule has 0 spiro atoms. The lowest BCUT2D eigenvalue weighted by Crippen LogP contribution is -2.67. The van der Waals surface area contributed by atoms with Gasteiger partial charge in [-0.2, -0.15) is 0 Å². The van der Waals surface area contributed by atoms with E-state index in [4.69, 9.17) is 15.6 Å². The summed E-state index contributed by atoms with van der Waals surface area (Å²) in [5.41, 5.74) is -0.665. The van der Waals surface area contributed by atoms with Gasteiger partial charge >= 0.3 is 0 Å². The van der Waals surface area contributed by atoms with Crippen LogP contribution in [0.15, 0.2) is 60.7 Å². The predicted molar refractivity (Wildman–Crippen MR) is 121 cm³/mol. The smallest absolute Gasteiger partial charge is 0.261 e. The second-order valence-electron chi connectivity index (χ2n) is 9.06. The molecule has 4 heteroatoms. The van der Waals surface area contributed by atoms with Crippen molar-refractivity contribution in [3.8, 4) is 12.3 Å². The summed E-state index contributed by atoms with van der Waals surface area (Å²) >= 11 is 0. The summed E-state index contributed by atoms with van der Waals surface area (Å²) in [6.45, 7) is 9.42. The molecule has 0 saturated carbocycles. The minimum atomic E-state index is -2.67. The number of aliphatic hydroxyl groups is 1. The Hall–Kier alpha value is -1.90. The quantitative estimate of drug-likeness (QED) is 0.588. The molecule has 3 rings (SSSR count). The van der Waals surface area contributed by atoms with E-state index in [9.17, 15) is 5.11 Å². The van der Waals surface area contributed by atoms with E-state index in [1.165, 1.54) is 10.4 Å². The van der Waals surface area contributed by atoms with Crippen LogP contribution in [0.2, 0.25) is 5.04 Å². The fourth-order valence-corrected chi connectivity index (χ4v) is 9.09. The fraction of sp³-hybridized carbons (Fsp3) is 0.440. The van der Waals surface area contributed by atoms with Gasteiger partial charge in [-0.05, 0) is 15.4 Å². The maximum atomic E-state index is 10.3. The summed E-state index contributed by atoms with van der Waals surface area (Å²) in [6, 6.07) is 21.1. The van der Waals surface area contributed by atoms with E-state index in [0.29, 0.717) is 19.6 Å². The maximum Gasteiger partial charge on any atom is 0.261 e. The molecule has 1 heterocycles. The highest BCUT2D eigenvalue weighted by Gasteiger charge is 2.54. The standard InChI is InChI=1S/C25H32O3Si/c1-6-17-25(20(2)23(26)18-27-25)19-28-29(24(3,4)5,21-13-9-7-10-14-21)22-15-11-8-12-16-22/h1,7-16,20,23,26H,17-19H2,2-5H3/t20-,23-,25-/m0/s1. The third-order valence-corrected chi connectivity index (χ3v) is 11.3. The summed E-state index contributed by atoms with van der Waals surface area (Å²) in [4.78, 5) is 0. The molecule has 1 N–H and O–H groups in total. The van der Waals surface area contributed by atoms with E-state index < -0.39 is 20.0 Å². The monoisotopic (exact) mass is 408 g/mol. The molecule has 0 radical (unpaired) electrons. The summed E-state index contributed by atoms with van der Waals surface area (Å²) in [7, 11) is -2.67. The van der Waals surface area contributed by atoms with Gasteiger partial charge in [-0.3, -0.25) is 0 Å². The SMILES string of the molecule is C#CC[C@@]1(CO[Si](c2ccccc2)(c2ccccc2)C(C)(C)C)OC[C@H](O)[C@@H]1C. The average Bonchev–Trinajstić information content (AvgIpc) is 2.98. The van der Waals surface area contributed by atoms with Crippen molar-refractivity contribution in [3.05, 3.63) is 60.7 Å². The lowest BCUT2D eigenvalue weighted by atomic mass is 9.85. The number of rotatable bonds is 6. The van der Waals surface area contributed by atoms with E-state index in [2.05, 4.69) is 75.2 Å². The van der Waals surface area contributed by atoms with Gasteiger partial charge in [0.25, 0.3) is 8.32 Å². The van der Waals surface area contributed by atoms with E-state index >= 15 is 0 Å². The molecule has 1 fully saturated rings. The van der Waals surface area contributed by atoms with Gasteiger partial charge in [0.1, 0.15) is 5.60 Å². The van der Waals surface area contributed by atoms with Crippen LogP contribution in [0.1, 0.15) is 34.1 Å². The first-order valence-corrected chi connectivity index (χ1v) is 12.2. The van der Waals surface area contributed by atoms with Crippen LogP contribution in [0.3, 0.4) is 0 Å². The lowest BCUT2D eigenvalue weighted by Gasteiger charge is -2.45. The molecule has 0 unspecified atom stereocenters. The number of benzene rings is 2. The Morgan fingerprint density at radius 1 is 1.10 bits per heavy atom. The molecule has 29 heavy (non-hydrogen) atoms. The number of hydrogen-bond acceptors (Lipinski definition) is 3. The molecule has 0 bridgehead atoms. The van der Waals surface area contributed by atoms with Crippen molar-refractivity contribution in [2.24, 2.45) is 5.92 Å². The Kier molecular flexibility index (Phi) is 6.35. The Morgan fingerprint density at radius 2 is 1.62 bits per heavy atom. The van der Waals surface area contributed by atoms with Gasteiger partial charge in [-0.1, -0.05) is 88.4 Å². The van der Waals surface area contributed by atoms with Gasteiger partial charge in [0, 0.05) is 12.3 Å². The summed E-state index contributed by atoms with van der Waals surface area (Å²) in [5, 5.41) is 12.7. The van der Waals surface area contributed by atoms with Crippen molar-refractivity contribution in [3.63, 3.8) is 0 Å². The van der Waals surface area contributed by atoms with Gasteiger partial charge in [0.2, 0.25) is 0 Å². The molecular formula is C25H32O3Si. The van der Waals surface area contributed by atoms with Gasteiger partial charge in [0.05, 0.1) is 19.3 Å². The van der Waals surface area contributed by atoms with Crippen LogP contribution < -0.4 is 10.4 Å². The molecule has 2 aromatic rings. The van der Waals surface area contributed by atoms with Crippen LogP contribution in [0.5, 0.6) is 0 Å². The number of aliphatic hydroxyl groups excluding tert-OH is 1. The first kappa shape index (κ1) is 21.8. The zero-order chi connectivity index (χ0) is 21.1. The van der Waals surface area contributed by atoms with Gasteiger partial charge in [0.15, 0.2) is 0 Å². The van der Waals surface area contributed by atoms with Crippen molar-refractivity contribution < 1.29 is 14.3 Å². The van der Waals surface area contributed by atoms with E-state index in [1.54, 1.807) is 0 Å². The van der Waals surface area contributed by atoms with Crippen molar-refractivity contribution in [1.29, 1.82) is 0 Å². The highest BCUT2D eigenvalue weighted by Crippen LogP contribution is 2.40. The highest BCUT2D eigenvalue weighted by atomic mass is 28.4. The second-order valence-corrected chi connectivity index (χ2v) is 13.4. The molecule has 3 nitrogen and oxygen atoms in total. The second kappa shape index (κ2) is 8.45. The van der Waals surface area contributed by atoms with Crippen molar-refractivity contribution >= 4 is 18.7 Å². The number of ether oxygens (including phenoxy) is 1. The zero-order valence-electron chi connectivity index (χ0n) is 17.9. The number of terminal acetylenes is 1. The number of hydrogen-bond donors (Lipinski definition) is 1. The van der Waals surface area contributed by atoms with E-state index in [1.807, 2.05) is 19.1 Å². The largest absolute Gasteiger partial charge is 0.404 e. The normalized spacial score (nSPS) is 25.0. The molecule has 1 aliphatic heterocycles. The zero-order valence-corrected chi connectivity index (χ0v) is 18.9. The molecule has 0 aromatic heterocycles. The molecule has 154 valence electrons. The molecular weight excluding hydrogens is 376 g/mol. The van der Waals surface area contributed by atoms with Gasteiger partial charge < -0.3 is 14.3 Å². The van der Waals surface area contributed by atoms with Crippen molar-refractivity contribution in [1.82, 2.24) is 0 Å². The van der Waals surface area contributed by atoms with Crippen LogP contribution in [0.25, 0.3) is 0 Å². The highest BCUT2D eigenvalue weighted by molar-refractivity contribution is 6.99. The average molecular weight is 409 g/mol. The summed E-state index contributed by atoms with van der Waals surface area (Å²) in [5.74, 6) is 2.67. The Balaban J connectivity index is 2.10. The van der Waals surface area contributed by atoms with Crippen LogP contribution >= 0.6 is 0 Å². The molecule has 1 saturated heterocycles.